The number of hydrogen-bond donors (Lipinski definition) is 1. The van der Waals surface area contributed by atoms with Gasteiger partial charge in [-0.2, -0.15) is 0 Å². The molecule has 7 nitrogen and oxygen atoms in total. The quantitative estimate of drug-likeness (QED) is 0.705. The van der Waals surface area contributed by atoms with E-state index in [1.54, 1.807) is 6.20 Å². The van der Waals surface area contributed by atoms with E-state index in [0.717, 1.165) is 48.5 Å². The number of morpholine rings is 1. The molecule has 2 saturated heterocycles. The zero-order chi connectivity index (χ0) is 20.3. The summed E-state index contributed by atoms with van der Waals surface area (Å²) in [5.74, 6) is 0.812. The summed E-state index contributed by atoms with van der Waals surface area (Å²) in [7, 11) is 0. The standard InChI is InChI=1S/C23H24N4O3/c28-22-12-16(14-25-22)15-30-23-19-2-1-7-24-21(19)13-20(26-23)17-3-5-18(6-4-17)27-8-10-29-11-9-27/h1-7,13,16H,8-12,14-15H2,(H,25,28)/t16-/m1/s1. The summed E-state index contributed by atoms with van der Waals surface area (Å²) < 4.78 is 11.5. The van der Waals surface area contributed by atoms with Crippen molar-refractivity contribution in [1.82, 2.24) is 15.3 Å². The van der Waals surface area contributed by atoms with Crippen molar-refractivity contribution in [3.63, 3.8) is 0 Å². The number of ether oxygens (including phenoxy) is 2. The van der Waals surface area contributed by atoms with Gasteiger partial charge in [0.15, 0.2) is 0 Å². The van der Waals surface area contributed by atoms with Gasteiger partial charge >= 0.3 is 0 Å². The number of anilines is 1. The van der Waals surface area contributed by atoms with Crippen LogP contribution in [0.3, 0.4) is 0 Å². The summed E-state index contributed by atoms with van der Waals surface area (Å²) in [6.45, 7) is 4.46. The van der Waals surface area contributed by atoms with Crippen LogP contribution >= 0.6 is 0 Å². The molecule has 0 bridgehead atoms. The van der Waals surface area contributed by atoms with Crippen LogP contribution in [0.25, 0.3) is 22.2 Å². The fourth-order valence-electron chi connectivity index (χ4n) is 3.95. The highest BCUT2D eigenvalue weighted by atomic mass is 16.5. The van der Waals surface area contributed by atoms with E-state index in [2.05, 4.69) is 39.5 Å². The van der Waals surface area contributed by atoms with Gasteiger partial charge in [0.25, 0.3) is 0 Å². The number of pyridine rings is 2. The SMILES string of the molecule is O=C1C[C@@H](COc2nc(-c3ccc(N4CCOCC4)cc3)cc3ncccc23)CN1. The summed E-state index contributed by atoms with van der Waals surface area (Å²) in [5.41, 5.74) is 3.87. The van der Waals surface area contributed by atoms with Gasteiger partial charge in [-0.1, -0.05) is 12.1 Å². The van der Waals surface area contributed by atoms with Crippen LogP contribution in [-0.4, -0.2) is 55.3 Å². The minimum absolute atomic E-state index is 0.0807. The lowest BCUT2D eigenvalue weighted by atomic mass is 10.1. The number of carbonyl (C=O) groups excluding carboxylic acids is 1. The van der Waals surface area contributed by atoms with Gasteiger partial charge in [0.1, 0.15) is 0 Å². The number of nitrogens with one attached hydrogen (secondary N) is 1. The van der Waals surface area contributed by atoms with Crippen LogP contribution in [-0.2, 0) is 9.53 Å². The Balaban J connectivity index is 1.41. The van der Waals surface area contributed by atoms with Crippen molar-refractivity contribution in [2.75, 3.05) is 44.4 Å². The lowest BCUT2D eigenvalue weighted by Crippen LogP contribution is -2.36. The van der Waals surface area contributed by atoms with Crippen LogP contribution in [0.5, 0.6) is 5.88 Å². The molecule has 0 unspecified atom stereocenters. The molecule has 2 fully saturated rings. The second kappa shape index (κ2) is 8.28. The third-order valence-electron chi connectivity index (χ3n) is 5.62. The molecule has 2 aliphatic heterocycles. The molecule has 4 heterocycles. The van der Waals surface area contributed by atoms with Gasteiger partial charge in [-0.15, -0.1) is 0 Å². The Hall–Kier alpha value is -3.19. The number of nitrogens with zero attached hydrogens (tertiary/aromatic N) is 3. The summed E-state index contributed by atoms with van der Waals surface area (Å²) in [6.07, 6.45) is 2.27. The average Bonchev–Trinajstić information content (AvgIpc) is 3.23. The van der Waals surface area contributed by atoms with E-state index >= 15 is 0 Å². The number of carbonyl (C=O) groups is 1. The Labute approximate surface area is 175 Å². The molecule has 1 amide bonds. The Morgan fingerprint density at radius 2 is 2.00 bits per heavy atom. The fraction of sp³-hybridized carbons (Fsp3) is 0.348. The van der Waals surface area contributed by atoms with Gasteiger partial charge in [-0.25, -0.2) is 4.98 Å². The van der Waals surface area contributed by atoms with E-state index in [1.807, 2.05) is 18.2 Å². The average molecular weight is 404 g/mol. The molecule has 2 aliphatic rings. The second-order valence-electron chi connectivity index (χ2n) is 7.71. The van der Waals surface area contributed by atoms with Crippen molar-refractivity contribution < 1.29 is 14.3 Å². The second-order valence-corrected chi connectivity index (χ2v) is 7.71. The lowest BCUT2D eigenvalue weighted by Gasteiger charge is -2.28. The topological polar surface area (TPSA) is 76.6 Å². The maximum Gasteiger partial charge on any atom is 0.223 e. The first-order valence-corrected chi connectivity index (χ1v) is 10.3. The molecule has 5 rings (SSSR count). The molecule has 0 saturated carbocycles. The number of rotatable bonds is 5. The molecule has 154 valence electrons. The molecule has 0 aliphatic carbocycles. The van der Waals surface area contributed by atoms with Gasteiger partial charge in [-0.3, -0.25) is 9.78 Å². The first kappa shape index (κ1) is 18.8. The Kier molecular flexibility index (Phi) is 5.19. The molecular formula is C23H24N4O3. The van der Waals surface area contributed by atoms with E-state index in [1.165, 1.54) is 5.69 Å². The van der Waals surface area contributed by atoms with Crippen LogP contribution < -0.4 is 15.0 Å². The number of amides is 1. The zero-order valence-electron chi connectivity index (χ0n) is 16.7. The lowest BCUT2D eigenvalue weighted by molar-refractivity contribution is -0.119. The molecule has 0 spiro atoms. The third-order valence-corrected chi connectivity index (χ3v) is 5.62. The van der Waals surface area contributed by atoms with Crippen molar-refractivity contribution in [3.8, 4) is 17.1 Å². The first-order chi connectivity index (χ1) is 14.8. The number of hydrogen-bond acceptors (Lipinski definition) is 6. The molecule has 1 N–H and O–H groups in total. The van der Waals surface area contributed by atoms with Crippen molar-refractivity contribution in [2.24, 2.45) is 5.92 Å². The highest BCUT2D eigenvalue weighted by Crippen LogP contribution is 2.30. The molecule has 7 heteroatoms. The van der Waals surface area contributed by atoms with Gasteiger partial charge < -0.3 is 19.7 Å². The molecular weight excluding hydrogens is 380 g/mol. The normalized spacial score (nSPS) is 19.1. The minimum Gasteiger partial charge on any atom is -0.477 e. The highest BCUT2D eigenvalue weighted by molar-refractivity contribution is 5.87. The monoisotopic (exact) mass is 404 g/mol. The fourth-order valence-corrected chi connectivity index (χ4v) is 3.95. The van der Waals surface area contributed by atoms with Crippen molar-refractivity contribution in [2.45, 2.75) is 6.42 Å². The molecule has 2 aromatic heterocycles. The van der Waals surface area contributed by atoms with Gasteiger partial charge in [0.05, 0.1) is 36.4 Å². The predicted molar refractivity (Wildman–Crippen MR) is 115 cm³/mol. The Bertz CT molecular complexity index is 1050. The predicted octanol–water partition coefficient (Wildman–Crippen LogP) is 2.65. The molecule has 1 atom stereocenters. The number of aromatic nitrogens is 2. The van der Waals surface area contributed by atoms with E-state index in [-0.39, 0.29) is 11.8 Å². The van der Waals surface area contributed by atoms with Crippen LogP contribution in [0.15, 0.2) is 48.7 Å². The van der Waals surface area contributed by atoms with Crippen molar-refractivity contribution in [3.05, 3.63) is 48.7 Å². The Morgan fingerprint density at radius 3 is 2.77 bits per heavy atom. The largest absolute Gasteiger partial charge is 0.477 e. The van der Waals surface area contributed by atoms with Gasteiger partial charge in [-0.05, 0) is 30.3 Å². The molecule has 0 radical (unpaired) electrons. The van der Waals surface area contributed by atoms with Crippen LogP contribution in [0.1, 0.15) is 6.42 Å². The maximum absolute atomic E-state index is 11.5. The molecule has 1 aromatic carbocycles. The van der Waals surface area contributed by atoms with E-state index in [4.69, 9.17) is 14.5 Å². The number of fused-ring (bicyclic) bond motifs is 1. The zero-order valence-corrected chi connectivity index (χ0v) is 16.7. The van der Waals surface area contributed by atoms with Crippen molar-refractivity contribution in [1.29, 1.82) is 0 Å². The van der Waals surface area contributed by atoms with Crippen LogP contribution in [0.2, 0.25) is 0 Å². The summed E-state index contributed by atoms with van der Waals surface area (Å²) in [5, 5.41) is 3.73. The van der Waals surface area contributed by atoms with Crippen LogP contribution in [0, 0.1) is 5.92 Å². The summed E-state index contributed by atoms with van der Waals surface area (Å²) in [4.78, 5) is 23.1. The van der Waals surface area contributed by atoms with E-state index in [9.17, 15) is 4.79 Å². The summed E-state index contributed by atoms with van der Waals surface area (Å²) in [6, 6.07) is 14.3. The molecule has 30 heavy (non-hydrogen) atoms. The van der Waals surface area contributed by atoms with E-state index < -0.39 is 0 Å². The Morgan fingerprint density at radius 1 is 1.17 bits per heavy atom. The van der Waals surface area contributed by atoms with E-state index in [0.29, 0.717) is 25.5 Å². The highest BCUT2D eigenvalue weighted by Gasteiger charge is 2.22. The van der Waals surface area contributed by atoms with Gasteiger partial charge in [0, 0.05) is 49.4 Å². The number of benzene rings is 1. The maximum atomic E-state index is 11.5. The minimum atomic E-state index is 0.0807. The third kappa shape index (κ3) is 3.93. The van der Waals surface area contributed by atoms with Crippen LogP contribution in [0.4, 0.5) is 5.69 Å². The van der Waals surface area contributed by atoms with Crippen molar-refractivity contribution >= 4 is 22.5 Å². The van der Waals surface area contributed by atoms with Gasteiger partial charge in [0.2, 0.25) is 11.8 Å². The summed E-state index contributed by atoms with van der Waals surface area (Å²) >= 11 is 0. The molecule has 3 aromatic rings. The first-order valence-electron chi connectivity index (χ1n) is 10.3. The smallest absolute Gasteiger partial charge is 0.223 e.